The van der Waals surface area contributed by atoms with Crippen molar-refractivity contribution in [2.75, 3.05) is 65.2 Å². The molecule has 1 saturated carbocycles. The summed E-state index contributed by atoms with van der Waals surface area (Å²) >= 11 is 0. The molecule has 0 unspecified atom stereocenters. The summed E-state index contributed by atoms with van der Waals surface area (Å²) in [7, 11) is 1.65. The van der Waals surface area contributed by atoms with Gasteiger partial charge in [0.05, 0.1) is 69.6 Å². The molecule has 4 heterocycles. The first-order valence-electron chi connectivity index (χ1n) is 19.2. The second-order valence-electron chi connectivity index (χ2n) is 14.1. The van der Waals surface area contributed by atoms with Gasteiger partial charge in [0.1, 0.15) is 29.9 Å². The van der Waals surface area contributed by atoms with Crippen molar-refractivity contribution in [1.29, 1.82) is 5.26 Å². The van der Waals surface area contributed by atoms with Crippen LogP contribution in [0.2, 0.25) is 0 Å². The van der Waals surface area contributed by atoms with Gasteiger partial charge < -0.3 is 33.7 Å². The lowest BCUT2D eigenvalue weighted by molar-refractivity contribution is -0.0852. The summed E-state index contributed by atoms with van der Waals surface area (Å²) in [6.07, 6.45) is 12.2. The lowest BCUT2D eigenvalue weighted by atomic mass is 9.89. The van der Waals surface area contributed by atoms with Gasteiger partial charge in [-0.2, -0.15) is 5.26 Å². The fourth-order valence-corrected chi connectivity index (χ4v) is 7.09. The molecule has 17 nitrogen and oxygen atoms in total. The van der Waals surface area contributed by atoms with E-state index in [1.54, 1.807) is 30.3 Å². The lowest BCUT2D eigenvalue weighted by Crippen LogP contribution is -2.51. The van der Waals surface area contributed by atoms with Crippen LogP contribution in [0.1, 0.15) is 64.5 Å². The summed E-state index contributed by atoms with van der Waals surface area (Å²) in [5.41, 5.74) is 2.70. The maximum atomic E-state index is 9.71. The fourth-order valence-electron chi connectivity index (χ4n) is 7.09. The number of methoxy groups -OCH3 is 1. The SMILES string of the molecule is COCCOCCOCCCOc1nn([C@H]2CC[C@H](N3C[C@@H](C)O[C@@H](C)C3)CC2)cc1Nc1ncc(-c2ccc(C#N)c(O[C@@H](C)Cn3cnnn3)c2)cn1. The smallest absolute Gasteiger partial charge is 0.256 e. The number of rotatable bonds is 20. The number of ether oxygens (including phenoxy) is 6. The first kappa shape index (κ1) is 39.9. The predicted octanol–water partition coefficient (Wildman–Crippen LogP) is 4.45. The second kappa shape index (κ2) is 20.3. The van der Waals surface area contributed by atoms with Crippen molar-refractivity contribution in [2.45, 2.75) is 89.8 Å². The molecule has 0 radical (unpaired) electrons. The average Bonchev–Trinajstić information content (AvgIpc) is 3.85. The Morgan fingerprint density at radius 1 is 0.945 bits per heavy atom. The number of hydrogen-bond donors (Lipinski definition) is 1. The van der Waals surface area contributed by atoms with Gasteiger partial charge in [0.2, 0.25) is 5.95 Å². The van der Waals surface area contributed by atoms with Crippen LogP contribution in [0, 0.1) is 11.3 Å². The first-order valence-corrected chi connectivity index (χ1v) is 19.2. The van der Waals surface area contributed by atoms with E-state index in [4.69, 9.17) is 33.5 Å². The lowest BCUT2D eigenvalue weighted by Gasteiger charge is -2.42. The molecular weight excluding hydrogens is 706 g/mol. The minimum Gasteiger partial charge on any atom is -0.487 e. The van der Waals surface area contributed by atoms with Gasteiger partial charge in [-0.1, -0.05) is 6.07 Å². The van der Waals surface area contributed by atoms with Crippen LogP contribution in [0.5, 0.6) is 11.6 Å². The molecular formula is C38H53N11O6. The van der Waals surface area contributed by atoms with E-state index in [1.165, 1.54) is 6.33 Å². The van der Waals surface area contributed by atoms with Crippen molar-refractivity contribution in [2.24, 2.45) is 0 Å². The Labute approximate surface area is 322 Å². The van der Waals surface area contributed by atoms with Crippen molar-refractivity contribution >= 4 is 11.6 Å². The van der Waals surface area contributed by atoms with Crippen LogP contribution in [0.3, 0.4) is 0 Å². The van der Waals surface area contributed by atoms with Crippen molar-refractivity contribution in [1.82, 2.24) is 44.9 Å². The zero-order valence-electron chi connectivity index (χ0n) is 32.2. The highest BCUT2D eigenvalue weighted by molar-refractivity contribution is 5.67. The maximum absolute atomic E-state index is 9.71. The van der Waals surface area contributed by atoms with Gasteiger partial charge in [-0.3, -0.25) is 9.58 Å². The van der Waals surface area contributed by atoms with Crippen LogP contribution in [0.15, 0.2) is 43.1 Å². The van der Waals surface area contributed by atoms with Crippen molar-refractivity contribution in [3.8, 4) is 28.8 Å². The van der Waals surface area contributed by atoms with Gasteiger partial charge in [-0.05, 0) is 74.6 Å². The third-order valence-corrected chi connectivity index (χ3v) is 9.68. The highest BCUT2D eigenvalue weighted by Crippen LogP contribution is 2.35. The van der Waals surface area contributed by atoms with Crippen molar-refractivity contribution in [3.63, 3.8) is 0 Å². The molecule has 4 aromatic rings. The number of benzene rings is 1. The van der Waals surface area contributed by atoms with E-state index in [0.717, 1.165) is 49.9 Å². The summed E-state index contributed by atoms with van der Waals surface area (Å²) in [4.78, 5) is 11.9. The van der Waals surface area contributed by atoms with Gasteiger partial charge in [-0.25, -0.2) is 14.6 Å². The Bertz CT molecular complexity index is 1770. The number of anilines is 2. The molecule has 3 atom stereocenters. The summed E-state index contributed by atoms with van der Waals surface area (Å²) in [5, 5.41) is 29.2. The number of morpholine rings is 1. The summed E-state index contributed by atoms with van der Waals surface area (Å²) < 4.78 is 38.1. The Balaban J connectivity index is 1.09. The quantitative estimate of drug-likeness (QED) is 0.125. The molecule has 3 aromatic heterocycles. The van der Waals surface area contributed by atoms with Crippen LogP contribution in [0.25, 0.3) is 11.1 Å². The minimum atomic E-state index is -0.281. The van der Waals surface area contributed by atoms with E-state index < -0.39 is 0 Å². The third kappa shape index (κ3) is 11.6. The molecule has 1 saturated heterocycles. The molecule has 1 aliphatic carbocycles. The van der Waals surface area contributed by atoms with Crippen LogP contribution >= 0.6 is 0 Å². The normalized spacial score (nSPS) is 20.9. The minimum absolute atomic E-state index is 0.260. The number of nitriles is 1. The highest BCUT2D eigenvalue weighted by atomic mass is 16.5. The Morgan fingerprint density at radius 3 is 2.38 bits per heavy atom. The van der Waals surface area contributed by atoms with E-state index in [0.29, 0.717) is 87.5 Å². The molecule has 296 valence electrons. The number of tetrazole rings is 1. The predicted molar refractivity (Wildman–Crippen MR) is 202 cm³/mol. The molecule has 1 aliphatic heterocycles. The molecule has 0 bridgehead atoms. The van der Waals surface area contributed by atoms with Gasteiger partial charge >= 0.3 is 0 Å². The third-order valence-electron chi connectivity index (χ3n) is 9.68. The zero-order valence-corrected chi connectivity index (χ0v) is 32.2. The summed E-state index contributed by atoms with van der Waals surface area (Å²) in [5.74, 6) is 1.36. The molecule has 1 aromatic carbocycles. The van der Waals surface area contributed by atoms with E-state index in [-0.39, 0.29) is 24.4 Å². The van der Waals surface area contributed by atoms with E-state index in [9.17, 15) is 5.26 Å². The Kier molecular flexibility index (Phi) is 14.7. The summed E-state index contributed by atoms with van der Waals surface area (Å²) in [6.45, 7) is 11.8. The van der Waals surface area contributed by atoms with Crippen LogP contribution in [-0.4, -0.2) is 129 Å². The van der Waals surface area contributed by atoms with E-state index in [1.807, 2.05) is 29.9 Å². The fraction of sp³-hybridized carbons (Fsp3) is 0.605. The Morgan fingerprint density at radius 2 is 1.67 bits per heavy atom. The number of hydrogen-bond acceptors (Lipinski definition) is 15. The van der Waals surface area contributed by atoms with E-state index >= 15 is 0 Å². The van der Waals surface area contributed by atoms with Gasteiger partial charge in [0.15, 0.2) is 0 Å². The monoisotopic (exact) mass is 759 g/mol. The number of nitrogens with one attached hydrogen (secondary N) is 1. The molecule has 0 spiro atoms. The van der Waals surface area contributed by atoms with Crippen molar-refractivity contribution in [3.05, 3.63) is 48.7 Å². The number of aromatic nitrogens is 8. The summed E-state index contributed by atoms with van der Waals surface area (Å²) in [6, 6.07) is 8.44. The molecule has 17 heteroatoms. The zero-order chi connectivity index (χ0) is 38.4. The van der Waals surface area contributed by atoms with Crippen LogP contribution in [0.4, 0.5) is 11.6 Å². The van der Waals surface area contributed by atoms with Gasteiger partial charge in [0, 0.05) is 57.2 Å². The van der Waals surface area contributed by atoms with Crippen molar-refractivity contribution < 1.29 is 28.4 Å². The van der Waals surface area contributed by atoms with Crippen LogP contribution in [-0.2, 0) is 25.5 Å². The molecule has 2 fully saturated rings. The first-order chi connectivity index (χ1) is 26.9. The molecule has 1 N–H and O–H groups in total. The highest BCUT2D eigenvalue weighted by Gasteiger charge is 2.32. The molecule has 0 amide bonds. The van der Waals surface area contributed by atoms with E-state index in [2.05, 4.69) is 55.6 Å². The second-order valence-corrected chi connectivity index (χ2v) is 14.1. The maximum Gasteiger partial charge on any atom is 0.256 e. The largest absolute Gasteiger partial charge is 0.487 e. The average molecular weight is 760 g/mol. The standard InChI is InChI=1S/C38H53N11O6/c1-27-22-47(23-28(2)54-27)33-8-10-34(11-9-33)49-25-35(37(44-49)53-13-5-12-51-16-17-52-15-14-50-4)43-38-40-20-32(21-41-38)30-6-7-31(19-39)36(18-30)55-29(3)24-48-26-42-45-46-48/h6-7,18,20-21,25-29,33-34H,5,8-17,22-24H2,1-4H3,(H,40,41,43)/t27-,28+,29-,33-,34-/m0/s1. The molecule has 55 heavy (non-hydrogen) atoms. The molecule has 2 aliphatic rings. The van der Waals surface area contributed by atoms with Crippen LogP contribution < -0.4 is 14.8 Å². The number of nitrogens with zero attached hydrogens (tertiary/aromatic N) is 10. The van der Waals surface area contributed by atoms with Gasteiger partial charge in [0.25, 0.3) is 5.88 Å². The topological polar surface area (TPSA) is 182 Å². The Hall–Kier alpha value is -4.73. The van der Waals surface area contributed by atoms with Gasteiger partial charge in [-0.15, -0.1) is 10.2 Å². The molecule has 6 rings (SSSR count).